The van der Waals surface area contributed by atoms with E-state index in [1.165, 1.54) is 0 Å². The van der Waals surface area contributed by atoms with Crippen molar-refractivity contribution in [1.29, 1.82) is 0 Å². The van der Waals surface area contributed by atoms with E-state index in [2.05, 4.69) is 29.1 Å². The highest BCUT2D eigenvalue weighted by atomic mass is 16.5. The van der Waals surface area contributed by atoms with Crippen molar-refractivity contribution in [2.45, 2.75) is 46.8 Å². The summed E-state index contributed by atoms with van der Waals surface area (Å²) in [7, 11) is 0. The minimum atomic E-state index is 0.0866. The molecule has 1 unspecified atom stereocenters. The zero-order valence-corrected chi connectivity index (χ0v) is 11.9. The second-order valence-electron chi connectivity index (χ2n) is 5.13. The lowest BCUT2D eigenvalue weighted by atomic mass is 10.1. The maximum absolute atomic E-state index is 5.97. The van der Waals surface area contributed by atoms with E-state index in [0.29, 0.717) is 24.3 Å². The molecular formula is C13H24N4O. The summed E-state index contributed by atoms with van der Waals surface area (Å²) in [5.41, 5.74) is 6.85. The average molecular weight is 252 g/mol. The Labute approximate surface area is 109 Å². The van der Waals surface area contributed by atoms with Gasteiger partial charge in [-0.3, -0.25) is 0 Å². The van der Waals surface area contributed by atoms with E-state index in [4.69, 9.17) is 10.5 Å². The Balaban J connectivity index is 2.68. The lowest BCUT2D eigenvalue weighted by Gasteiger charge is -2.17. The summed E-state index contributed by atoms with van der Waals surface area (Å²) in [5, 5.41) is 3.15. The fourth-order valence-corrected chi connectivity index (χ4v) is 1.37. The summed E-state index contributed by atoms with van der Waals surface area (Å²) >= 11 is 0. The summed E-state index contributed by atoms with van der Waals surface area (Å²) in [6, 6.07) is 1.91. The standard InChI is InChI=1S/C13H24N4O/c1-8(2)11(14)7-15-13-16-10(5)6-12(17-13)18-9(3)4/h6,8-9,11H,7,14H2,1-5H3,(H,15,16,17). The van der Waals surface area contributed by atoms with Crippen LogP contribution in [-0.4, -0.2) is 28.7 Å². The van der Waals surface area contributed by atoms with Crippen LogP contribution in [0.3, 0.4) is 0 Å². The summed E-state index contributed by atoms with van der Waals surface area (Å²) in [6.45, 7) is 10.7. The molecule has 1 aromatic rings. The summed E-state index contributed by atoms with van der Waals surface area (Å²) in [6.07, 6.45) is 0.102. The molecule has 102 valence electrons. The van der Waals surface area contributed by atoms with Crippen molar-refractivity contribution >= 4 is 5.95 Å². The minimum Gasteiger partial charge on any atom is -0.475 e. The fourth-order valence-electron chi connectivity index (χ4n) is 1.37. The lowest BCUT2D eigenvalue weighted by Crippen LogP contribution is -2.34. The van der Waals surface area contributed by atoms with Crippen LogP contribution in [0.2, 0.25) is 0 Å². The van der Waals surface area contributed by atoms with E-state index < -0.39 is 0 Å². The molecule has 1 atom stereocenters. The fraction of sp³-hybridized carbons (Fsp3) is 0.692. The van der Waals surface area contributed by atoms with Crippen LogP contribution in [0.5, 0.6) is 5.88 Å². The van der Waals surface area contributed by atoms with Crippen molar-refractivity contribution in [3.63, 3.8) is 0 Å². The Morgan fingerprint density at radius 1 is 1.28 bits per heavy atom. The molecule has 0 aromatic carbocycles. The smallest absolute Gasteiger partial charge is 0.226 e. The number of hydrogen-bond donors (Lipinski definition) is 2. The van der Waals surface area contributed by atoms with Crippen molar-refractivity contribution in [3.8, 4) is 5.88 Å². The number of nitrogens with one attached hydrogen (secondary N) is 1. The van der Waals surface area contributed by atoms with Gasteiger partial charge in [0.1, 0.15) is 0 Å². The third kappa shape index (κ3) is 4.87. The molecule has 1 aromatic heterocycles. The molecule has 1 rings (SSSR count). The van der Waals surface area contributed by atoms with Crippen LogP contribution < -0.4 is 15.8 Å². The molecule has 0 saturated carbocycles. The molecule has 0 fully saturated rings. The maximum Gasteiger partial charge on any atom is 0.226 e. The second-order valence-corrected chi connectivity index (χ2v) is 5.13. The molecule has 1 heterocycles. The number of rotatable bonds is 6. The number of nitrogens with zero attached hydrogens (tertiary/aromatic N) is 2. The summed E-state index contributed by atoms with van der Waals surface area (Å²) in [5.74, 6) is 1.59. The number of hydrogen-bond acceptors (Lipinski definition) is 5. The van der Waals surface area contributed by atoms with Gasteiger partial charge in [-0.05, 0) is 26.7 Å². The van der Waals surface area contributed by atoms with E-state index in [-0.39, 0.29) is 12.1 Å². The Morgan fingerprint density at radius 2 is 1.94 bits per heavy atom. The summed E-state index contributed by atoms with van der Waals surface area (Å²) in [4.78, 5) is 8.62. The van der Waals surface area contributed by atoms with Gasteiger partial charge in [0, 0.05) is 24.3 Å². The van der Waals surface area contributed by atoms with Gasteiger partial charge in [0.25, 0.3) is 0 Å². The van der Waals surface area contributed by atoms with E-state index in [9.17, 15) is 0 Å². The molecular weight excluding hydrogens is 228 g/mol. The Hall–Kier alpha value is -1.36. The van der Waals surface area contributed by atoms with Crippen molar-refractivity contribution in [2.24, 2.45) is 11.7 Å². The predicted octanol–water partition coefficient (Wildman–Crippen LogP) is 1.97. The molecule has 0 radical (unpaired) electrons. The number of aromatic nitrogens is 2. The van der Waals surface area contributed by atoms with Gasteiger partial charge in [-0.15, -0.1) is 0 Å². The quantitative estimate of drug-likeness (QED) is 0.809. The van der Waals surface area contributed by atoms with Gasteiger partial charge >= 0.3 is 0 Å². The van der Waals surface area contributed by atoms with Gasteiger partial charge in [0.15, 0.2) is 0 Å². The second kappa shape index (κ2) is 6.54. The maximum atomic E-state index is 5.97. The van der Waals surface area contributed by atoms with Gasteiger partial charge < -0.3 is 15.8 Å². The van der Waals surface area contributed by atoms with Gasteiger partial charge in [0.2, 0.25) is 11.8 Å². The Kier molecular flexibility index (Phi) is 5.34. The van der Waals surface area contributed by atoms with Crippen molar-refractivity contribution in [3.05, 3.63) is 11.8 Å². The van der Waals surface area contributed by atoms with Crippen LogP contribution >= 0.6 is 0 Å². The van der Waals surface area contributed by atoms with E-state index in [1.54, 1.807) is 0 Å². The first-order valence-corrected chi connectivity index (χ1v) is 6.40. The van der Waals surface area contributed by atoms with Gasteiger partial charge in [-0.1, -0.05) is 13.8 Å². The Bertz CT molecular complexity index is 379. The first kappa shape index (κ1) is 14.7. The number of aryl methyl sites for hydroxylation is 1. The molecule has 5 heteroatoms. The van der Waals surface area contributed by atoms with E-state index in [0.717, 1.165) is 5.69 Å². The molecule has 0 bridgehead atoms. The highest BCUT2D eigenvalue weighted by molar-refractivity contribution is 5.30. The first-order valence-electron chi connectivity index (χ1n) is 6.40. The highest BCUT2D eigenvalue weighted by Gasteiger charge is 2.09. The molecule has 3 N–H and O–H groups in total. The minimum absolute atomic E-state index is 0.0866. The highest BCUT2D eigenvalue weighted by Crippen LogP contribution is 2.13. The third-order valence-corrected chi connectivity index (χ3v) is 2.54. The monoisotopic (exact) mass is 252 g/mol. The van der Waals surface area contributed by atoms with Crippen LogP contribution in [-0.2, 0) is 0 Å². The number of anilines is 1. The molecule has 0 aliphatic heterocycles. The zero-order valence-electron chi connectivity index (χ0n) is 11.9. The molecule has 0 spiro atoms. The van der Waals surface area contributed by atoms with Crippen LogP contribution in [0, 0.1) is 12.8 Å². The SMILES string of the molecule is Cc1cc(OC(C)C)nc(NCC(N)C(C)C)n1. The normalized spacial score (nSPS) is 12.9. The molecule has 0 aliphatic carbocycles. The Morgan fingerprint density at radius 3 is 2.50 bits per heavy atom. The van der Waals surface area contributed by atoms with Crippen molar-refractivity contribution in [1.82, 2.24) is 9.97 Å². The largest absolute Gasteiger partial charge is 0.475 e. The molecule has 0 saturated heterocycles. The third-order valence-electron chi connectivity index (χ3n) is 2.54. The summed E-state index contributed by atoms with van der Waals surface area (Å²) < 4.78 is 5.57. The predicted molar refractivity (Wildman–Crippen MR) is 73.8 cm³/mol. The van der Waals surface area contributed by atoms with Gasteiger partial charge in [0.05, 0.1) is 6.10 Å². The van der Waals surface area contributed by atoms with Crippen molar-refractivity contribution < 1.29 is 4.74 Å². The molecule has 18 heavy (non-hydrogen) atoms. The van der Waals surface area contributed by atoms with Gasteiger partial charge in [-0.2, -0.15) is 4.98 Å². The van der Waals surface area contributed by atoms with Crippen LogP contribution in [0.25, 0.3) is 0 Å². The average Bonchev–Trinajstić information content (AvgIpc) is 2.23. The lowest BCUT2D eigenvalue weighted by molar-refractivity contribution is 0.232. The van der Waals surface area contributed by atoms with Crippen LogP contribution in [0.1, 0.15) is 33.4 Å². The topological polar surface area (TPSA) is 73.1 Å². The van der Waals surface area contributed by atoms with Crippen LogP contribution in [0.4, 0.5) is 5.95 Å². The van der Waals surface area contributed by atoms with E-state index in [1.807, 2.05) is 26.8 Å². The van der Waals surface area contributed by atoms with Crippen molar-refractivity contribution in [2.75, 3.05) is 11.9 Å². The molecule has 5 nitrogen and oxygen atoms in total. The zero-order chi connectivity index (χ0) is 13.7. The number of nitrogens with two attached hydrogens (primary N) is 1. The molecule has 0 aliphatic rings. The van der Waals surface area contributed by atoms with Gasteiger partial charge in [-0.25, -0.2) is 4.98 Å². The number of ether oxygens (including phenoxy) is 1. The first-order chi connectivity index (χ1) is 8.38. The molecule has 0 amide bonds. The van der Waals surface area contributed by atoms with E-state index >= 15 is 0 Å². The van der Waals surface area contributed by atoms with Crippen LogP contribution in [0.15, 0.2) is 6.07 Å².